The zero-order valence-electron chi connectivity index (χ0n) is 12.6. The zero-order chi connectivity index (χ0) is 15.1. The molecule has 2 rings (SSSR count). The minimum Gasteiger partial charge on any atom is -0.361 e. The van der Waals surface area contributed by atoms with Crippen LogP contribution in [0.1, 0.15) is 31.0 Å². The topological polar surface area (TPSA) is 57.2 Å². The van der Waals surface area contributed by atoms with E-state index in [4.69, 9.17) is 0 Å². The lowest BCUT2D eigenvalue weighted by Crippen LogP contribution is -2.37. The van der Waals surface area contributed by atoms with Crippen LogP contribution in [-0.4, -0.2) is 23.0 Å². The maximum absolute atomic E-state index is 9.92. The molecule has 0 aliphatic rings. The van der Waals surface area contributed by atoms with E-state index in [-0.39, 0.29) is 0 Å². The van der Waals surface area contributed by atoms with Gasteiger partial charge < -0.3 is 10.4 Å². The van der Waals surface area contributed by atoms with Crippen LogP contribution in [0, 0.1) is 0 Å². The lowest BCUT2D eigenvalue weighted by molar-refractivity contribution is 0.166. The van der Waals surface area contributed by atoms with Gasteiger partial charge in [0.25, 0.3) is 0 Å². The molecule has 21 heavy (non-hydrogen) atoms. The van der Waals surface area contributed by atoms with Gasteiger partial charge >= 0.3 is 0 Å². The molecule has 1 aromatic heterocycles. The van der Waals surface area contributed by atoms with E-state index in [1.54, 1.807) is 6.20 Å². The molecule has 0 bridgehead atoms. The number of pyridine rings is 1. The van der Waals surface area contributed by atoms with Crippen LogP contribution in [0.4, 0.5) is 5.69 Å². The number of rotatable bonds is 7. The highest BCUT2D eigenvalue weighted by molar-refractivity contribution is 5.45. The first kappa shape index (κ1) is 15.5. The van der Waals surface area contributed by atoms with Crippen LogP contribution in [-0.2, 0) is 6.42 Å². The van der Waals surface area contributed by atoms with Crippen molar-refractivity contribution in [2.24, 2.45) is 0 Å². The van der Waals surface area contributed by atoms with Crippen LogP contribution in [0.25, 0.3) is 0 Å². The van der Waals surface area contributed by atoms with E-state index in [2.05, 4.69) is 41.6 Å². The highest BCUT2D eigenvalue weighted by atomic mass is 16.3. The minimum absolute atomic E-state index is 0.514. The lowest BCUT2D eigenvalue weighted by Gasteiger charge is -2.16. The van der Waals surface area contributed by atoms with Gasteiger partial charge in [0.2, 0.25) is 0 Å². The van der Waals surface area contributed by atoms with Crippen LogP contribution in [0.15, 0.2) is 48.7 Å². The van der Waals surface area contributed by atoms with Crippen LogP contribution < -0.4 is 10.6 Å². The summed E-state index contributed by atoms with van der Waals surface area (Å²) >= 11 is 0. The van der Waals surface area contributed by atoms with Gasteiger partial charge in [-0.1, -0.05) is 32.0 Å². The number of aliphatic hydroxyl groups excluding tert-OH is 1. The normalized spacial score (nSPS) is 12.4. The summed E-state index contributed by atoms with van der Waals surface area (Å²) < 4.78 is 0. The molecule has 0 amide bonds. The first-order valence-electron chi connectivity index (χ1n) is 7.33. The largest absolute Gasteiger partial charge is 0.361 e. The van der Waals surface area contributed by atoms with E-state index in [1.807, 2.05) is 30.3 Å². The first-order valence-corrected chi connectivity index (χ1v) is 7.33. The number of hydrogen-bond donors (Lipinski definition) is 3. The Morgan fingerprint density at radius 2 is 1.86 bits per heavy atom. The van der Waals surface area contributed by atoms with Crippen LogP contribution in [0.3, 0.4) is 0 Å². The molecule has 4 heteroatoms. The predicted molar refractivity (Wildman–Crippen MR) is 86.1 cm³/mol. The van der Waals surface area contributed by atoms with E-state index in [9.17, 15) is 5.11 Å². The molecular weight excluding hydrogens is 262 g/mol. The number of anilines is 1. The molecule has 112 valence electrons. The van der Waals surface area contributed by atoms with E-state index in [0.717, 1.165) is 17.8 Å². The van der Waals surface area contributed by atoms with Crippen molar-refractivity contribution in [1.29, 1.82) is 0 Å². The summed E-state index contributed by atoms with van der Waals surface area (Å²) in [5.74, 6) is 0.514. The van der Waals surface area contributed by atoms with Crippen molar-refractivity contribution in [1.82, 2.24) is 10.3 Å². The van der Waals surface area contributed by atoms with Crippen molar-refractivity contribution in [3.8, 4) is 0 Å². The fourth-order valence-corrected chi connectivity index (χ4v) is 2.06. The Morgan fingerprint density at radius 3 is 2.48 bits per heavy atom. The molecule has 1 heterocycles. The van der Waals surface area contributed by atoms with Crippen molar-refractivity contribution < 1.29 is 5.11 Å². The summed E-state index contributed by atoms with van der Waals surface area (Å²) in [6.07, 6.45) is 1.80. The second-order valence-corrected chi connectivity index (χ2v) is 5.35. The van der Waals surface area contributed by atoms with E-state index in [1.165, 1.54) is 5.56 Å². The summed E-state index contributed by atoms with van der Waals surface area (Å²) in [4.78, 5) is 4.24. The maximum Gasteiger partial charge on any atom is 0.181 e. The second-order valence-electron chi connectivity index (χ2n) is 5.35. The fourth-order valence-electron chi connectivity index (χ4n) is 2.06. The molecule has 0 radical (unpaired) electrons. The molecule has 3 N–H and O–H groups in total. The van der Waals surface area contributed by atoms with Gasteiger partial charge in [0.1, 0.15) is 0 Å². The summed E-state index contributed by atoms with van der Waals surface area (Å²) in [5.41, 5.74) is 3.20. The van der Waals surface area contributed by atoms with Gasteiger partial charge in [0.05, 0.1) is 0 Å². The van der Waals surface area contributed by atoms with Gasteiger partial charge in [-0.2, -0.15) is 0 Å². The Labute approximate surface area is 126 Å². The fraction of sp³-hybridized carbons (Fsp3) is 0.353. The SMILES string of the molecule is CC(C)c1ccc(NC(O)NCCc2ccccn2)cc1. The average molecular weight is 285 g/mol. The number of nitrogens with zero attached hydrogens (tertiary/aromatic N) is 1. The molecule has 0 saturated carbocycles. The number of hydrogen-bond acceptors (Lipinski definition) is 4. The smallest absolute Gasteiger partial charge is 0.181 e. The minimum atomic E-state index is -0.765. The van der Waals surface area contributed by atoms with Crippen molar-refractivity contribution in [3.05, 3.63) is 59.9 Å². The summed E-state index contributed by atoms with van der Waals surface area (Å²) in [6.45, 7) is 4.99. The molecule has 0 saturated heterocycles. The van der Waals surface area contributed by atoms with E-state index >= 15 is 0 Å². The number of aliphatic hydroxyl groups is 1. The Kier molecular flexibility index (Phi) is 5.72. The van der Waals surface area contributed by atoms with Crippen molar-refractivity contribution in [2.75, 3.05) is 11.9 Å². The van der Waals surface area contributed by atoms with Crippen molar-refractivity contribution in [2.45, 2.75) is 32.5 Å². The molecule has 0 fully saturated rings. The third-order valence-electron chi connectivity index (χ3n) is 3.33. The van der Waals surface area contributed by atoms with E-state index < -0.39 is 6.35 Å². The Bertz CT molecular complexity index is 525. The van der Waals surface area contributed by atoms with Gasteiger partial charge in [0, 0.05) is 30.5 Å². The molecule has 1 unspecified atom stereocenters. The van der Waals surface area contributed by atoms with Crippen LogP contribution >= 0.6 is 0 Å². The van der Waals surface area contributed by atoms with Crippen molar-refractivity contribution >= 4 is 5.69 Å². The second kappa shape index (κ2) is 7.76. The molecule has 0 spiro atoms. The van der Waals surface area contributed by atoms with Crippen LogP contribution in [0.2, 0.25) is 0 Å². The van der Waals surface area contributed by atoms with Gasteiger partial charge in [-0.05, 0) is 35.7 Å². The number of benzene rings is 1. The summed E-state index contributed by atoms with van der Waals surface area (Å²) in [6, 6.07) is 14.0. The summed E-state index contributed by atoms with van der Waals surface area (Å²) in [5, 5.41) is 16.0. The molecule has 0 aliphatic heterocycles. The predicted octanol–water partition coefficient (Wildman–Crippen LogP) is 2.73. The molecule has 1 atom stereocenters. The maximum atomic E-state index is 9.92. The van der Waals surface area contributed by atoms with E-state index in [0.29, 0.717) is 12.5 Å². The van der Waals surface area contributed by atoms with Crippen molar-refractivity contribution in [3.63, 3.8) is 0 Å². The standard InChI is InChI=1S/C17H23N3O/c1-13(2)14-6-8-16(9-7-14)20-17(21)19-12-10-15-5-3-4-11-18-15/h3-9,11,13,17,19-21H,10,12H2,1-2H3. The Balaban J connectivity index is 1.75. The van der Waals surface area contributed by atoms with Gasteiger partial charge in [-0.15, -0.1) is 0 Å². The average Bonchev–Trinajstić information content (AvgIpc) is 2.49. The quantitative estimate of drug-likeness (QED) is 0.685. The van der Waals surface area contributed by atoms with Crippen LogP contribution in [0.5, 0.6) is 0 Å². The Morgan fingerprint density at radius 1 is 1.10 bits per heavy atom. The lowest BCUT2D eigenvalue weighted by atomic mass is 10.0. The monoisotopic (exact) mass is 285 g/mol. The molecule has 1 aromatic carbocycles. The molecular formula is C17H23N3O. The third-order valence-corrected chi connectivity index (χ3v) is 3.33. The molecule has 0 aliphatic carbocycles. The zero-order valence-corrected chi connectivity index (χ0v) is 12.6. The highest BCUT2D eigenvalue weighted by Gasteiger charge is 2.04. The Hall–Kier alpha value is -1.91. The highest BCUT2D eigenvalue weighted by Crippen LogP contribution is 2.17. The molecule has 2 aromatic rings. The van der Waals surface area contributed by atoms with Gasteiger partial charge in [-0.3, -0.25) is 10.3 Å². The summed E-state index contributed by atoms with van der Waals surface area (Å²) in [7, 11) is 0. The number of nitrogens with one attached hydrogen (secondary N) is 2. The first-order chi connectivity index (χ1) is 10.1. The molecule has 4 nitrogen and oxygen atoms in total. The number of aromatic nitrogens is 1. The van der Waals surface area contributed by atoms with Gasteiger partial charge in [-0.25, -0.2) is 0 Å². The third kappa shape index (κ3) is 5.17. The van der Waals surface area contributed by atoms with Gasteiger partial charge in [0.15, 0.2) is 6.35 Å².